The number of nitrogens with zero attached hydrogens (tertiary/aromatic N) is 1. The van der Waals surface area contributed by atoms with Crippen molar-refractivity contribution >= 4 is 5.69 Å². The van der Waals surface area contributed by atoms with Gasteiger partial charge in [0.2, 0.25) is 0 Å². The Bertz CT molecular complexity index is 310. The first kappa shape index (κ1) is 11.5. The van der Waals surface area contributed by atoms with Crippen molar-refractivity contribution in [1.29, 1.82) is 0 Å². The molecule has 2 heteroatoms. The van der Waals surface area contributed by atoms with Crippen LogP contribution in [0, 0.1) is 11.8 Å². The van der Waals surface area contributed by atoms with Gasteiger partial charge in [-0.25, -0.2) is 0 Å². The van der Waals surface area contributed by atoms with E-state index in [-0.39, 0.29) is 0 Å². The lowest BCUT2D eigenvalue weighted by molar-refractivity contribution is 0.449. The monoisotopic (exact) mass is 218 g/mol. The van der Waals surface area contributed by atoms with E-state index < -0.39 is 0 Å². The second-order valence-electron chi connectivity index (χ2n) is 4.77. The first-order valence-corrected chi connectivity index (χ1v) is 6.32. The van der Waals surface area contributed by atoms with Gasteiger partial charge in [-0.05, 0) is 44.0 Å². The lowest BCUT2D eigenvalue weighted by Gasteiger charge is -2.27. The fourth-order valence-electron chi connectivity index (χ4n) is 2.45. The maximum Gasteiger partial charge on any atom is 0.0366 e. The maximum absolute atomic E-state index is 3.48. The van der Waals surface area contributed by atoms with Crippen LogP contribution in [-0.2, 0) is 0 Å². The molecule has 2 nitrogen and oxygen atoms in total. The highest BCUT2D eigenvalue weighted by Gasteiger charge is 2.24. The molecule has 0 aliphatic carbocycles. The molecule has 0 aromatic heterocycles. The Labute approximate surface area is 98.7 Å². The Morgan fingerprint density at radius 1 is 1.25 bits per heavy atom. The summed E-state index contributed by atoms with van der Waals surface area (Å²) in [5, 5.41) is 3.48. The maximum atomic E-state index is 3.48. The van der Waals surface area contributed by atoms with Gasteiger partial charge < -0.3 is 10.2 Å². The molecule has 1 heterocycles. The molecule has 2 unspecified atom stereocenters. The van der Waals surface area contributed by atoms with Crippen molar-refractivity contribution in [2.75, 3.05) is 31.1 Å². The topological polar surface area (TPSA) is 15.3 Å². The average molecular weight is 218 g/mol. The molecule has 16 heavy (non-hydrogen) atoms. The first-order chi connectivity index (χ1) is 7.81. The van der Waals surface area contributed by atoms with Crippen LogP contribution in [-0.4, -0.2) is 26.2 Å². The summed E-state index contributed by atoms with van der Waals surface area (Å²) in [5.74, 6) is 1.60. The molecule has 0 bridgehead atoms. The molecule has 1 saturated heterocycles. The summed E-state index contributed by atoms with van der Waals surface area (Å²) in [6.07, 6.45) is 0. The van der Waals surface area contributed by atoms with Crippen molar-refractivity contribution < 1.29 is 0 Å². The zero-order valence-electron chi connectivity index (χ0n) is 10.3. The largest absolute Gasteiger partial charge is 0.371 e. The summed E-state index contributed by atoms with van der Waals surface area (Å²) in [6.45, 7) is 9.20. The van der Waals surface area contributed by atoms with Gasteiger partial charge in [0.15, 0.2) is 0 Å². The van der Waals surface area contributed by atoms with E-state index in [0.29, 0.717) is 0 Å². The fourth-order valence-corrected chi connectivity index (χ4v) is 2.45. The van der Waals surface area contributed by atoms with E-state index in [1.54, 1.807) is 0 Å². The standard InChI is InChI=1S/C14H22N2/c1-3-16(14-7-5-4-6-8-14)11-13-10-15-9-12(13)2/h4-8,12-13,15H,3,9-11H2,1-2H3. The number of para-hydroxylation sites is 1. The van der Waals surface area contributed by atoms with Crippen molar-refractivity contribution in [3.63, 3.8) is 0 Å². The second kappa shape index (κ2) is 5.35. The molecule has 2 rings (SSSR count). The number of benzene rings is 1. The SMILES string of the molecule is CCN(CC1CNCC1C)c1ccccc1. The molecule has 1 aliphatic rings. The molecule has 1 N–H and O–H groups in total. The molecule has 1 aromatic carbocycles. The summed E-state index contributed by atoms with van der Waals surface area (Å²) in [4.78, 5) is 2.48. The smallest absolute Gasteiger partial charge is 0.0366 e. The highest BCUT2D eigenvalue weighted by molar-refractivity contribution is 5.45. The van der Waals surface area contributed by atoms with Gasteiger partial charge in [0.1, 0.15) is 0 Å². The van der Waals surface area contributed by atoms with E-state index in [4.69, 9.17) is 0 Å². The zero-order chi connectivity index (χ0) is 11.4. The van der Waals surface area contributed by atoms with E-state index in [1.807, 2.05) is 0 Å². The molecule has 0 saturated carbocycles. The summed E-state index contributed by atoms with van der Waals surface area (Å²) in [6, 6.07) is 10.7. The normalized spacial score (nSPS) is 24.6. The Kier molecular flexibility index (Phi) is 3.83. The number of anilines is 1. The predicted octanol–water partition coefficient (Wildman–Crippen LogP) is 2.37. The van der Waals surface area contributed by atoms with Crippen LogP contribution < -0.4 is 10.2 Å². The lowest BCUT2D eigenvalue weighted by Crippen LogP contribution is -2.32. The average Bonchev–Trinajstić information content (AvgIpc) is 2.73. The molecule has 0 amide bonds. The van der Waals surface area contributed by atoms with Crippen LogP contribution in [0.25, 0.3) is 0 Å². The van der Waals surface area contributed by atoms with Gasteiger partial charge in [0.25, 0.3) is 0 Å². The first-order valence-electron chi connectivity index (χ1n) is 6.32. The predicted molar refractivity (Wildman–Crippen MR) is 69.9 cm³/mol. The van der Waals surface area contributed by atoms with Crippen molar-refractivity contribution in [2.45, 2.75) is 13.8 Å². The van der Waals surface area contributed by atoms with Gasteiger partial charge in [-0.3, -0.25) is 0 Å². The molecule has 0 spiro atoms. The van der Waals surface area contributed by atoms with Gasteiger partial charge in [-0.2, -0.15) is 0 Å². The van der Waals surface area contributed by atoms with E-state index >= 15 is 0 Å². The number of hydrogen-bond donors (Lipinski definition) is 1. The van der Waals surface area contributed by atoms with Crippen LogP contribution >= 0.6 is 0 Å². The Morgan fingerprint density at radius 2 is 2.00 bits per heavy atom. The van der Waals surface area contributed by atoms with Gasteiger partial charge in [-0.15, -0.1) is 0 Å². The molecule has 2 atom stereocenters. The van der Waals surface area contributed by atoms with E-state index in [9.17, 15) is 0 Å². The zero-order valence-corrected chi connectivity index (χ0v) is 10.3. The highest BCUT2D eigenvalue weighted by Crippen LogP contribution is 2.21. The van der Waals surface area contributed by atoms with Crippen LogP contribution in [0.1, 0.15) is 13.8 Å². The molecule has 88 valence electrons. The minimum absolute atomic E-state index is 0.792. The van der Waals surface area contributed by atoms with E-state index in [0.717, 1.165) is 18.4 Å². The Morgan fingerprint density at radius 3 is 2.56 bits per heavy atom. The lowest BCUT2D eigenvalue weighted by atomic mass is 9.97. The van der Waals surface area contributed by atoms with Crippen LogP contribution in [0.15, 0.2) is 30.3 Å². The summed E-state index contributed by atoms with van der Waals surface area (Å²) in [5.41, 5.74) is 1.35. The molecule has 0 radical (unpaired) electrons. The van der Waals surface area contributed by atoms with Gasteiger partial charge in [0.05, 0.1) is 0 Å². The Hall–Kier alpha value is -1.02. The van der Waals surface area contributed by atoms with Crippen molar-refractivity contribution in [1.82, 2.24) is 5.32 Å². The van der Waals surface area contributed by atoms with Crippen molar-refractivity contribution in [2.24, 2.45) is 11.8 Å². The van der Waals surface area contributed by atoms with Crippen LogP contribution in [0.2, 0.25) is 0 Å². The Balaban J connectivity index is 2.00. The number of hydrogen-bond acceptors (Lipinski definition) is 2. The molecule has 1 aromatic rings. The number of nitrogens with one attached hydrogen (secondary N) is 1. The molecular weight excluding hydrogens is 196 g/mol. The van der Waals surface area contributed by atoms with E-state index in [2.05, 4.69) is 54.4 Å². The summed E-state index contributed by atoms with van der Waals surface area (Å²) in [7, 11) is 0. The second-order valence-corrected chi connectivity index (χ2v) is 4.77. The third-order valence-corrected chi connectivity index (χ3v) is 3.64. The van der Waals surface area contributed by atoms with Crippen LogP contribution in [0.5, 0.6) is 0 Å². The minimum Gasteiger partial charge on any atom is -0.371 e. The van der Waals surface area contributed by atoms with Crippen LogP contribution in [0.3, 0.4) is 0 Å². The minimum atomic E-state index is 0.792. The third-order valence-electron chi connectivity index (χ3n) is 3.64. The van der Waals surface area contributed by atoms with Gasteiger partial charge >= 0.3 is 0 Å². The summed E-state index contributed by atoms with van der Waals surface area (Å²) >= 11 is 0. The highest BCUT2D eigenvalue weighted by atomic mass is 15.1. The van der Waals surface area contributed by atoms with Gasteiger partial charge in [-0.1, -0.05) is 25.1 Å². The quantitative estimate of drug-likeness (QED) is 0.834. The number of rotatable bonds is 4. The molecule has 1 fully saturated rings. The molecular formula is C14H22N2. The molecule has 1 aliphatic heterocycles. The van der Waals surface area contributed by atoms with Crippen molar-refractivity contribution in [3.05, 3.63) is 30.3 Å². The van der Waals surface area contributed by atoms with E-state index in [1.165, 1.54) is 25.3 Å². The summed E-state index contributed by atoms with van der Waals surface area (Å²) < 4.78 is 0. The van der Waals surface area contributed by atoms with Gasteiger partial charge in [0, 0.05) is 18.8 Å². The van der Waals surface area contributed by atoms with Crippen molar-refractivity contribution in [3.8, 4) is 0 Å². The van der Waals surface area contributed by atoms with Crippen LogP contribution in [0.4, 0.5) is 5.69 Å². The third kappa shape index (κ3) is 2.56. The fraction of sp³-hybridized carbons (Fsp3) is 0.571.